The summed E-state index contributed by atoms with van der Waals surface area (Å²) in [5.74, 6) is 0.349. The van der Waals surface area contributed by atoms with Crippen molar-refractivity contribution in [2.75, 3.05) is 13.1 Å². The third-order valence-electron chi connectivity index (χ3n) is 5.59. The number of furan rings is 1. The molecular weight excluding hydrogens is 462 g/mol. The van der Waals surface area contributed by atoms with Crippen molar-refractivity contribution in [1.29, 1.82) is 0 Å². The normalized spacial score (nSPS) is 11.9. The number of nitrogens with zero attached hydrogens (tertiary/aromatic N) is 3. The summed E-state index contributed by atoms with van der Waals surface area (Å²) in [6, 6.07) is 21.8. The lowest BCUT2D eigenvalue weighted by molar-refractivity contribution is -0.133. The van der Waals surface area contributed by atoms with E-state index in [4.69, 9.17) is 4.42 Å². The Labute approximate surface area is 206 Å². The first-order chi connectivity index (χ1) is 16.8. The number of carbonyl (C=O) groups is 1. The fourth-order valence-corrected chi connectivity index (χ4v) is 5.67. The van der Waals surface area contributed by atoms with Crippen LogP contribution in [-0.4, -0.2) is 41.6 Å². The molecule has 4 aromatic rings. The van der Waals surface area contributed by atoms with Crippen LogP contribution in [0.5, 0.6) is 0 Å². The Morgan fingerprint density at radius 2 is 1.71 bits per heavy atom. The van der Waals surface area contributed by atoms with E-state index >= 15 is 0 Å². The van der Waals surface area contributed by atoms with E-state index < -0.39 is 10.0 Å². The summed E-state index contributed by atoms with van der Waals surface area (Å²) in [6.45, 7) is 4.37. The molecule has 0 aliphatic rings. The minimum atomic E-state index is -3.99. The highest BCUT2D eigenvalue weighted by Gasteiger charge is 2.31. The van der Waals surface area contributed by atoms with Crippen molar-refractivity contribution >= 4 is 26.8 Å². The predicted molar refractivity (Wildman–Crippen MR) is 135 cm³/mol. The van der Waals surface area contributed by atoms with Gasteiger partial charge in [-0.1, -0.05) is 62.4 Å². The van der Waals surface area contributed by atoms with Crippen LogP contribution in [0, 0.1) is 5.92 Å². The van der Waals surface area contributed by atoms with Crippen LogP contribution in [0.2, 0.25) is 0 Å². The third kappa shape index (κ3) is 5.96. The van der Waals surface area contributed by atoms with Crippen LogP contribution in [0.25, 0.3) is 10.9 Å². The van der Waals surface area contributed by atoms with E-state index in [0.29, 0.717) is 17.8 Å². The van der Waals surface area contributed by atoms with Crippen LogP contribution < -0.4 is 0 Å². The summed E-state index contributed by atoms with van der Waals surface area (Å²) in [7, 11) is -3.99. The van der Waals surface area contributed by atoms with Gasteiger partial charge in [-0.15, -0.1) is 0 Å². The molecule has 8 heteroatoms. The summed E-state index contributed by atoms with van der Waals surface area (Å²) < 4.78 is 34.4. The molecule has 182 valence electrons. The molecule has 0 unspecified atom stereocenters. The molecule has 2 aromatic heterocycles. The van der Waals surface area contributed by atoms with Gasteiger partial charge in [0.2, 0.25) is 15.9 Å². The molecule has 35 heavy (non-hydrogen) atoms. The Hall–Kier alpha value is -3.49. The van der Waals surface area contributed by atoms with E-state index in [1.807, 2.05) is 56.3 Å². The maximum absolute atomic E-state index is 13.8. The minimum Gasteiger partial charge on any atom is -0.467 e. The average molecular weight is 492 g/mol. The number of carbonyl (C=O) groups excluding carboxylic acids is 1. The largest absolute Gasteiger partial charge is 0.467 e. The molecule has 0 fully saturated rings. The summed E-state index contributed by atoms with van der Waals surface area (Å²) in [5, 5.41) is 0.730. The second-order valence-electron chi connectivity index (χ2n) is 8.84. The molecule has 2 heterocycles. The van der Waals surface area contributed by atoms with E-state index in [0.717, 1.165) is 10.9 Å². The summed E-state index contributed by atoms with van der Waals surface area (Å²) in [5.41, 5.74) is 1.34. The Kier molecular flexibility index (Phi) is 7.63. The Bertz CT molecular complexity index is 1360. The van der Waals surface area contributed by atoms with Crippen molar-refractivity contribution in [3.05, 3.63) is 96.6 Å². The number of hydrogen-bond acceptors (Lipinski definition) is 5. The highest BCUT2D eigenvalue weighted by Crippen LogP contribution is 2.25. The quantitative estimate of drug-likeness (QED) is 0.321. The summed E-state index contributed by atoms with van der Waals surface area (Å²) >= 11 is 0. The first kappa shape index (κ1) is 24.6. The van der Waals surface area contributed by atoms with Crippen molar-refractivity contribution < 1.29 is 17.6 Å². The average Bonchev–Trinajstić information content (AvgIpc) is 3.36. The van der Waals surface area contributed by atoms with Crippen molar-refractivity contribution in [2.45, 2.75) is 31.8 Å². The lowest BCUT2D eigenvalue weighted by Crippen LogP contribution is -2.43. The maximum Gasteiger partial charge on any atom is 0.245 e. The highest BCUT2D eigenvalue weighted by atomic mass is 32.2. The van der Waals surface area contributed by atoms with Gasteiger partial charge in [0.15, 0.2) is 0 Å². The number of benzene rings is 2. The first-order valence-electron chi connectivity index (χ1n) is 11.5. The molecule has 0 atom stereocenters. The van der Waals surface area contributed by atoms with Gasteiger partial charge < -0.3 is 9.32 Å². The number of hydrogen-bond donors (Lipinski definition) is 0. The second kappa shape index (κ2) is 10.8. The van der Waals surface area contributed by atoms with Gasteiger partial charge in [0.05, 0.1) is 24.9 Å². The van der Waals surface area contributed by atoms with Crippen LogP contribution in [0.15, 0.2) is 94.6 Å². The zero-order valence-corrected chi connectivity index (χ0v) is 20.7. The third-order valence-corrected chi connectivity index (χ3v) is 7.43. The van der Waals surface area contributed by atoms with E-state index in [1.165, 1.54) is 4.31 Å². The Balaban J connectivity index is 1.65. The van der Waals surface area contributed by atoms with Crippen LogP contribution in [-0.2, 0) is 27.9 Å². The number of amides is 1. The molecule has 0 bridgehead atoms. The van der Waals surface area contributed by atoms with Gasteiger partial charge in [0.1, 0.15) is 10.7 Å². The molecule has 0 N–H and O–H groups in total. The van der Waals surface area contributed by atoms with Crippen molar-refractivity contribution in [2.24, 2.45) is 5.92 Å². The van der Waals surface area contributed by atoms with E-state index in [9.17, 15) is 13.2 Å². The number of sulfonamides is 1. The fraction of sp³-hybridized carbons (Fsp3) is 0.259. The molecule has 0 aliphatic heterocycles. The van der Waals surface area contributed by atoms with Crippen LogP contribution in [0.1, 0.15) is 25.2 Å². The molecule has 4 rings (SSSR count). The number of pyridine rings is 1. The van der Waals surface area contributed by atoms with Gasteiger partial charge in [0.25, 0.3) is 0 Å². The lowest BCUT2D eigenvalue weighted by atomic mass is 10.2. The van der Waals surface area contributed by atoms with E-state index in [-0.39, 0.29) is 36.4 Å². The molecule has 0 radical (unpaired) electrons. The lowest BCUT2D eigenvalue weighted by Gasteiger charge is -2.28. The molecule has 1 amide bonds. The standard InChI is InChI=1S/C27H29N3O4S/c1-21(2)17-30(35(32,33)25-14-6-11-23-12-7-15-28-27(23)25)20-26(31)29(19-24-13-8-16-34-24)18-22-9-4-3-5-10-22/h3-16,21H,17-20H2,1-2H3. The molecular formula is C27H29N3O4S. The van der Waals surface area contributed by atoms with Gasteiger partial charge in [0, 0.05) is 24.7 Å². The Morgan fingerprint density at radius 3 is 2.43 bits per heavy atom. The minimum absolute atomic E-state index is 0.0214. The second-order valence-corrected chi connectivity index (χ2v) is 10.7. The van der Waals surface area contributed by atoms with Crippen LogP contribution in [0.3, 0.4) is 0 Å². The number of para-hydroxylation sites is 1. The number of rotatable bonds is 10. The van der Waals surface area contributed by atoms with E-state index in [2.05, 4.69) is 4.98 Å². The Morgan fingerprint density at radius 1 is 0.943 bits per heavy atom. The number of fused-ring (bicyclic) bond motifs is 1. The predicted octanol–water partition coefficient (Wildman–Crippen LogP) is 4.70. The molecule has 0 saturated carbocycles. The highest BCUT2D eigenvalue weighted by molar-refractivity contribution is 7.89. The van der Waals surface area contributed by atoms with Gasteiger partial charge in [-0.3, -0.25) is 9.78 Å². The van der Waals surface area contributed by atoms with Crippen molar-refractivity contribution in [1.82, 2.24) is 14.2 Å². The monoisotopic (exact) mass is 491 g/mol. The van der Waals surface area contributed by atoms with Crippen LogP contribution in [0.4, 0.5) is 0 Å². The number of aromatic nitrogens is 1. The van der Waals surface area contributed by atoms with E-state index in [1.54, 1.807) is 47.7 Å². The van der Waals surface area contributed by atoms with Gasteiger partial charge in [-0.05, 0) is 35.7 Å². The summed E-state index contributed by atoms with van der Waals surface area (Å²) in [4.78, 5) is 19.6. The first-order valence-corrected chi connectivity index (χ1v) is 13.0. The zero-order valence-electron chi connectivity index (χ0n) is 19.9. The SMILES string of the molecule is CC(C)CN(CC(=O)N(Cc1ccccc1)Cc1ccco1)S(=O)(=O)c1cccc2cccnc12. The van der Waals surface area contributed by atoms with Gasteiger partial charge >= 0.3 is 0 Å². The smallest absolute Gasteiger partial charge is 0.245 e. The topological polar surface area (TPSA) is 83.7 Å². The molecule has 7 nitrogen and oxygen atoms in total. The molecule has 2 aromatic carbocycles. The zero-order chi connectivity index (χ0) is 24.8. The van der Waals surface area contributed by atoms with Crippen molar-refractivity contribution in [3.63, 3.8) is 0 Å². The fourth-order valence-electron chi connectivity index (χ4n) is 3.96. The molecule has 0 saturated heterocycles. The molecule has 0 aliphatic carbocycles. The molecule has 0 spiro atoms. The van der Waals surface area contributed by atoms with Crippen LogP contribution >= 0.6 is 0 Å². The van der Waals surface area contributed by atoms with Gasteiger partial charge in [-0.25, -0.2) is 8.42 Å². The maximum atomic E-state index is 13.8. The van der Waals surface area contributed by atoms with Gasteiger partial charge in [-0.2, -0.15) is 4.31 Å². The summed E-state index contributed by atoms with van der Waals surface area (Å²) in [6.07, 6.45) is 3.13. The van der Waals surface area contributed by atoms with Crippen molar-refractivity contribution in [3.8, 4) is 0 Å².